The molecule has 2 aromatic carbocycles. The normalized spacial score (nSPS) is 12.6. The summed E-state index contributed by atoms with van der Waals surface area (Å²) in [6.45, 7) is 3.14. The molecule has 0 atom stereocenters. The standard InChI is InChI=1S/C24H23N3O4/c1-15-9-10-27-21(13-15)26-23(22-18(28-2)5-4-6-19(22)29-3)24(27)25-16-7-8-17-20(14-16)31-12-11-30-17/h4-10,13-14,25H,11-12H2,1-3H3. The van der Waals surface area contributed by atoms with E-state index in [1.807, 2.05) is 66.1 Å². The van der Waals surface area contributed by atoms with Crippen LogP contribution in [0.5, 0.6) is 23.0 Å². The summed E-state index contributed by atoms with van der Waals surface area (Å²) < 4.78 is 24.7. The zero-order chi connectivity index (χ0) is 21.4. The van der Waals surface area contributed by atoms with Gasteiger partial charge in [0.25, 0.3) is 0 Å². The van der Waals surface area contributed by atoms with Gasteiger partial charge in [0.2, 0.25) is 0 Å². The lowest BCUT2D eigenvalue weighted by atomic mass is 10.1. The SMILES string of the molecule is COc1cccc(OC)c1-c1nc2cc(C)ccn2c1Nc1ccc2c(c1)OCCO2. The third-order valence-electron chi connectivity index (χ3n) is 5.25. The Morgan fingerprint density at radius 3 is 2.42 bits per heavy atom. The van der Waals surface area contributed by atoms with E-state index in [9.17, 15) is 0 Å². The van der Waals surface area contributed by atoms with E-state index in [1.54, 1.807) is 14.2 Å². The highest BCUT2D eigenvalue weighted by atomic mass is 16.6. The monoisotopic (exact) mass is 417 g/mol. The van der Waals surface area contributed by atoms with Gasteiger partial charge in [-0.25, -0.2) is 4.98 Å². The molecule has 0 spiro atoms. The van der Waals surface area contributed by atoms with E-state index < -0.39 is 0 Å². The number of nitrogens with zero attached hydrogens (tertiary/aromatic N) is 2. The molecule has 5 rings (SSSR count). The fourth-order valence-corrected chi connectivity index (χ4v) is 3.78. The molecule has 7 heteroatoms. The molecule has 1 N–H and O–H groups in total. The van der Waals surface area contributed by atoms with Crippen LogP contribution in [0.2, 0.25) is 0 Å². The summed E-state index contributed by atoms with van der Waals surface area (Å²) in [7, 11) is 3.29. The summed E-state index contributed by atoms with van der Waals surface area (Å²) in [5.41, 5.74) is 4.33. The number of anilines is 2. The van der Waals surface area contributed by atoms with E-state index in [4.69, 9.17) is 23.9 Å². The van der Waals surface area contributed by atoms with E-state index in [0.29, 0.717) is 24.7 Å². The third-order valence-corrected chi connectivity index (χ3v) is 5.25. The summed E-state index contributed by atoms with van der Waals surface area (Å²) in [6, 6.07) is 15.6. The highest BCUT2D eigenvalue weighted by Crippen LogP contribution is 2.43. The van der Waals surface area contributed by atoms with Crippen LogP contribution >= 0.6 is 0 Å². The number of aromatic nitrogens is 2. The van der Waals surface area contributed by atoms with Crippen molar-refractivity contribution in [2.75, 3.05) is 32.8 Å². The molecular formula is C24H23N3O4. The molecule has 4 aromatic rings. The van der Waals surface area contributed by atoms with Crippen molar-refractivity contribution < 1.29 is 18.9 Å². The molecule has 1 aliphatic rings. The Bertz CT molecular complexity index is 1240. The maximum atomic E-state index is 5.75. The fraction of sp³-hybridized carbons (Fsp3) is 0.208. The summed E-state index contributed by atoms with van der Waals surface area (Å²) in [4.78, 5) is 4.93. The lowest BCUT2D eigenvalue weighted by Gasteiger charge is -2.19. The van der Waals surface area contributed by atoms with Crippen LogP contribution < -0.4 is 24.3 Å². The largest absolute Gasteiger partial charge is 0.496 e. The zero-order valence-electron chi connectivity index (χ0n) is 17.6. The second-order valence-electron chi connectivity index (χ2n) is 7.26. The molecule has 0 aliphatic carbocycles. The van der Waals surface area contributed by atoms with E-state index in [1.165, 1.54) is 0 Å². The van der Waals surface area contributed by atoms with Crippen LogP contribution in [0.3, 0.4) is 0 Å². The van der Waals surface area contributed by atoms with Gasteiger partial charge in [0.1, 0.15) is 41.9 Å². The van der Waals surface area contributed by atoms with E-state index in [-0.39, 0.29) is 0 Å². The van der Waals surface area contributed by atoms with Gasteiger partial charge >= 0.3 is 0 Å². The van der Waals surface area contributed by atoms with E-state index in [0.717, 1.165) is 45.5 Å². The van der Waals surface area contributed by atoms with Crippen LogP contribution in [0.4, 0.5) is 11.5 Å². The molecule has 0 saturated heterocycles. The lowest BCUT2D eigenvalue weighted by molar-refractivity contribution is 0.171. The number of nitrogens with one attached hydrogen (secondary N) is 1. The average molecular weight is 417 g/mol. The predicted octanol–water partition coefficient (Wildman–Crippen LogP) is 4.84. The van der Waals surface area contributed by atoms with Crippen molar-refractivity contribution in [2.45, 2.75) is 6.92 Å². The first-order valence-corrected chi connectivity index (χ1v) is 10.0. The van der Waals surface area contributed by atoms with Crippen LogP contribution in [0.1, 0.15) is 5.56 Å². The maximum absolute atomic E-state index is 5.75. The van der Waals surface area contributed by atoms with Gasteiger partial charge in [-0.05, 0) is 48.9 Å². The number of pyridine rings is 1. The molecule has 0 radical (unpaired) electrons. The van der Waals surface area contributed by atoms with E-state index >= 15 is 0 Å². The molecule has 31 heavy (non-hydrogen) atoms. The maximum Gasteiger partial charge on any atom is 0.163 e. The Morgan fingerprint density at radius 1 is 0.935 bits per heavy atom. The molecule has 0 unspecified atom stereocenters. The number of ether oxygens (including phenoxy) is 4. The van der Waals surface area contributed by atoms with Crippen LogP contribution in [-0.2, 0) is 0 Å². The number of hydrogen-bond acceptors (Lipinski definition) is 6. The van der Waals surface area contributed by atoms with Crippen molar-refractivity contribution >= 4 is 17.2 Å². The number of rotatable bonds is 5. The molecule has 7 nitrogen and oxygen atoms in total. The van der Waals surface area contributed by atoms with Gasteiger partial charge in [-0.3, -0.25) is 4.40 Å². The molecular weight excluding hydrogens is 394 g/mol. The van der Waals surface area contributed by atoms with Crippen LogP contribution in [0.15, 0.2) is 54.7 Å². The first-order valence-electron chi connectivity index (χ1n) is 10.0. The molecule has 1 aliphatic heterocycles. The van der Waals surface area contributed by atoms with Gasteiger partial charge in [-0.1, -0.05) is 6.07 Å². The van der Waals surface area contributed by atoms with Gasteiger partial charge < -0.3 is 24.3 Å². The molecule has 2 aromatic heterocycles. The second-order valence-corrected chi connectivity index (χ2v) is 7.26. The Labute approximate surface area is 180 Å². The Hall–Kier alpha value is -3.87. The van der Waals surface area contributed by atoms with Gasteiger partial charge in [0.15, 0.2) is 11.5 Å². The number of benzene rings is 2. The molecule has 3 heterocycles. The second kappa shape index (κ2) is 7.75. The van der Waals surface area contributed by atoms with E-state index in [2.05, 4.69) is 5.32 Å². The first-order chi connectivity index (χ1) is 15.2. The van der Waals surface area contributed by atoms with Gasteiger partial charge in [0, 0.05) is 18.0 Å². The van der Waals surface area contributed by atoms with Gasteiger partial charge in [-0.2, -0.15) is 0 Å². The predicted molar refractivity (Wildman–Crippen MR) is 119 cm³/mol. The van der Waals surface area contributed by atoms with Crippen molar-refractivity contribution in [1.82, 2.24) is 9.38 Å². The number of imidazole rings is 1. The highest BCUT2D eigenvalue weighted by molar-refractivity contribution is 5.86. The van der Waals surface area contributed by atoms with Crippen molar-refractivity contribution in [3.8, 4) is 34.3 Å². The molecule has 0 saturated carbocycles. The fourth-order valence-electron chi connectivity index (χ4n) is 3.78. The van der Waals surface area contributed by atoms with Crippen LogP contribution in [0, 0.1) is 6.92 Å². The first kappa shape index (κ1) is 19.1. The summed E-state index contributed by atoms with van der Waals surface area (Å²) >= 11 is 0. The lowest BCUT2D eigenvalue weighted by Crippen LogP contribution is -2.15. The molecule has 0 bridgehead atoms. The topological polar surface area (TPSA) is 66.3 Å². The minimum atomic E-state index is 0.537. The number of fused-ring (bicyclic) bond motifs is 2. The third kappa shape index (κ3) is 3.38. The van der Waals surface area contributed by atoms with Crippen LogP contribution in [-0.4, -0.2) is 36.8 Å². The number of aryl methyl sites for hydroxylation is 1. The van der Waals surface area contributed by atoms with Gasteiger partial charge in [-0.15, -0.1) is 0 Å². The molecule has 0 amide bonds. The number of methoxy groups -OCH3 is 2. The molecule has 158 valence electrons. The quantitative estimate of drug-likeness (QED) is 0.501. The molecule has 0 fully saturated rings. The summed E-state index contributed by atoms with van der Waals surface area (Å²) in [5, 5.41) is 3.52. The Morgan fingerprint density at radius 2 is 1.68 bits per heavy atom. The number of hydrogen-bond donors (Lipinski definition) is 1. The minimum Gasteiger partial charge on any atom is -0.496 e. The summed E-state index contributed by atoms with van der Waals surface area (Å²) in [5.74, 6) is 3.64. The Kier molecular flexibility index (Phi) is 4.78. The van der Waals surface area contributed by atoms with Crippen LogP contribution in [0.25, 0.3) is 16.9 Å². The van der Waals surface area contributed by atoms with Crippen molar-refractivity contribution in [3.63, 3.8) is 0 Å². The average Bonchev–Trinajstić information content (AvgIpc) is 3.15. The Balaban J connectivity index is 1.69. The highest BCUT2D eigenvalue weighted by Gasteiger charge is 2.22. The van der Waals surface area contributed by atoms with Crippen molar-refractivity contribution in [1.29, 1.82) is 0 Å². The van der Waals surface area contributed by atoms with Crippen molar-refractivity contribution in [3.05, 3.63) is 60.3 Å². The summed E-state index contributed by atoms with van der Waals surface area (Å²) in [6.07, 6.45) is 2.00. The smallest absolute Gasteiger partial charge is 0.163 e. The minimum absolute atomic E-state index is 0.537. The zero-order valence-corrected chi connectivity index (χ0v) is 17.6. The van der Waals surface area contributed by atoms with Crippen molar-refractivity contribution in [2.24, 2.45) is 0 Å². The van der Waals surface area contributed by atoms with Gasteiger partial charge in [0.05, 0.1) is 19.8 Å².